The molecule has 0 saturated heterocycles. The van der Waals surface area contributed by atoms with Gasteiger partial charge in [-0.15, -0.1) is 11.8 Å². The van der Waals surface area contributed by atoms with Crippen LogP contribution in [0.2, 0.25) is 0 Å². The van der Waals surface area contributed by atoms with Crippen LogP contribution in [-0.2, 0) is 10.8 Å². The summed E-state index contributed by atoms with van der Waals surface area (Å²) in [6.45, 7) is 0. The summed E-state index contributed by atoms with van der Waals surface area (Å²) in [6, 6.07) is 0.191. The van der Waals surface area contributed by atoms with Gasteiger partial charge in [-0.2, -0.15) is 0 Å². The summed E-state index contributed by atoms with van der Waals surface area (Å²) in [5, 5.41) is 5.46. The van der Waals surface area contributed by atoms with Crippen molar-refractivity contribution >= 4 is 28.1 Å². The molecule has 11 heavy (non-hydrogen) atoms. The van der Waals surface area contributed by atoms with Crippen molar-refractivity contribution in [3.63, 3.8) is 0 Å². The third kappa shape index (κ3) is 1.49. The third-order valence-corrected chi connectivity index (χ3v) is 3.67. The van der Waals surface area contributed by atoms with Gasteiger partial charge in [-0.1, -0.05) is 0 Å². The lowest BCUT2D eigenvalue weighted by Crippen LogP contribution is -2.31. The molecule has 2 heterocycles. The molecule has 3 atom stereocenters. The topological polar surface area (TPSA) is 41.5 Å². The maximum absolute atomic E-state index is 10.9. The van der Waals surface area contributed by atoms with E-state index in [0.29, 0.717) is 11.1 Å². The van der Waals surface area contributed by atoms with Crippen LogP contribution < -0.4 is 5.32 Å². The quantitative estimate of drug-likeness (QED) is 0.642. The number of thioether (sulfide) groups is 1. The van der Waals surface area contributed by atoms with E-state index >= 15 is 0 Å². The zero-order valence-corrected chi connectivity index (χ0v) is 7.40. The fourth-order valence-electron chi connectivity index (χ4n) is 1.07. The van der Waals surface area contributed by atoms with Crippen LogP contribution in [0.1, 0.15) is 0 Å². The molecule has 0 fully saturated rings. The Morgan fingerprint density at radius 3 is 3.18 bits per heavy atom. The first kappa shape index (κ1) is 7.36. The monoisotopic (exact) mass is 188 g/mol. The summed E-state index contributed by atoms with van der Waals surface area (Å²) in [7, 11) is -0.822. The molecule has 1 N–H and O–H groups in total. The van der Waals surface area contributed by atoms with Crippen molar-refractivity contribution < 1.29 is 4.21 Å². The minimum Gasteiger partial charge on any atom is -0.377 e. The van der Waals surface area contributed by atoms with Gasteiger partial charge in [-0.05, 0) is 5.41 Å². The molecular weight excluding hydrogens is 180 g/mol. The molecule has 2 rings (SSSR count). The van der Waals surface area contributed by atoms with E-state index in [2.05, 4.69) is 10.3 Å². The first-order valence-corrected chi connectivity index (χ1v) is 5.66. The molecule has 60 valence electrons. The predicted octanol–water partition coefficient (Wildman–Crippen LogP) is 0.279. The van der Waals surface area contributed by atoms with Gasteiger partial charge in [0.15, 0.2) is 0 Å². The molecule has 0 aliphatic carbocycles. The van der Waals surface area contributed by atoms with Gasteiger partial charge in [-0.25, -0.2) is 0 Å². The van der Waals surface area contributed by atoms with Gasteiger partial charge >= 0.3 is 0 Å². The standard InChI is InChI=1S/C6H8N2OS2/c9-11-3-5(8-4-11)6-7-1-2-10-6/h1-2,4-7H,3H2. The Labute approximate surface area is 71.8 Å². The van der Waals surface area contributed by atoms with Crippen LogP contribution in [-0.4, -0.2) is 26.9 Å². The van der Waals surface area contributed by atoms with E-state index in [1.54, 1.807) is 17.3 Å². The van der Waals surface area contributed by atoms with Crippen LogP contribution in [0.4, 0.5) is 0 Å². The molecular formula is C6H8N2OS2. The van der Waals surface area contributed by atoms with Gasteiger partial charge in [0.25, 0.3) is 0 Å². The van der Waals surface area contributed by atoms with Crippen molar-refractivity contribution in [2.45, 2.75) is 11.4 Å². The Balaban J connectivity index is 1.97. The predicted molar refractivity (Wildman–Crippen MR) is 48.9 cm³/mol. The van der Waals surface area contributed by atoms with Crippen LogP contribution in [0.3, 0.4) is 0 Å². The normalized spacial score (nSPS) is 41.3. The van der Waals surface area contributed by atoms with E-state index in [-0.39, 0.29) is 6.04 Å². The molecule has 0 saturated carbocycles. The Bertz CT molecular complexity index is 231. The maximum Gasteiger partial charge on any atom is 0.0994 e. The Hall–Kier alpha value is -0.290. The summed E-state index contributed by atoms with van der Waals surface area (Å²) in [4.78, 5) is 4.15. The molecule has 3 nitrogen and oxygen atoms in total. The number of hydrogen-bond donors (Lipinski definition) is 1. The Morgan fingerprint density at radius 1 is 1.73 bits per heavy atom. The smallest absolute Gasteiger partial charge is 0.0994 e. The van der Waals surface area contributed by atoms with Gasteiger partial charge < -0.3 is 5.32 Å². The summed E-state index contributed by atoms with van der Waals surface area (Å²) >= 11 is 1.70. The number of nitrogens with one attached hydrogen (secondary N) is 1. The minimum absolute atomic E-state index is 0.191. The van der Waals surface area contributed by atoms with Gasteiger partial charge in [0, 0.05) is 6.20 Å². The van der Waals surface area contributed by atoms with Crippen LogP contribution >= 0.6 is 11.8 Å². The molecule has 0 aromatic heterocycles. The van der Waals surface area contributed by atoms with E-state index < -0.39 is 10.8 Å². The van der Waals surface area contributed by atoms with Gasteiger partial charge in [0.05, 0.1) is 33.5 Å². The van der Waals surface area contributed by atoms with Crippen molar-refractivity contribution in [3.05, 3.63) is 11.6 Å². The van der Waals surface area contributed by atoms with Crippen molar-refractivity contribution in [2.24, 2.45) is 4.99 Å². The van der Waals surface area contributed by atoms with E-state index in [1.165, 1.54) is 0 Å². The second-order valence-corrected chi connectivity index (χ2v) is 4.75. The molecule has 0 amide bonds. The zero-order chi connectivity index (χ0) is 7.68. The number of rotatable bonds is 1. The molecule has 0 radical (unpaired) electrons. The zero-order valence-electron chi connectivity index (χ0n) is 5.77. The lowest BCUT2D eigenvalue weighted by atomic mass is 10.3. The third-order valence-electron chi connectivity index (χ3n) is 1.61. The van der Waals surface area contributed by atoms with Crippen molar-refractivity contribution in [2.75, 3.05) is 5.75 Å². The minimum atomic E-state index is -0.822. The highest BCUT2D eigenvalue weighted by Gasteiger charge is 2.26. The lowest BCUT2D eigenvalue weighted by molar-refractivity contribution is 0.654. The van der Waals surface area contributed by atoms with E-state index in [4.69, 9.17) is 0 Å². The van der Waals surface area contributed by atoms with Gasteiger partial charge in [0.2, 0.25) is 0 Å². The second kappa shape index (κ2) is 2.98. The molecule has 0 bridgehead atoms. The van der Waals surface area contributed by atoms with Crippen LogP contribution in [0.5, 0.6) is 0 Å². The van der Waals surface area contributed by atoms with Crippen molar-refractivity contribution in [3.8, 4) is 0 Å². The molecule has 0 aromatic rings. The number of aliphatic imine (C=N–C) groups is 1. The van der Waals surface area contributed by atoms with Crippen LogP contribution in [0.25, 0.3) is 0 Å². The Morgan fingerprint density at radius 2 is 2.64 bits per heavy atom. The summed E-state index contributed by atoms with van der Waals surface area (Å²) in [6.07, 6.45) is 1.91. The van der Waals surface area contributed by atoms with Crippen molar-refractivity contribution in [1.29, 1.82) is 0 Å². The first-order valence-electron chi connectivity index (χ1n) is 3.33. The molecule has 2 aliphatic heterocycles. The maximum atomic E-state index is 10.9. The van der Waals surface area contributed by atoms with Gasteiger partial charge in [0.1, 0.15) is 0 Å². The van der Waals surface area contributed by atoms with E-state index in [1.807, 2.05) is 11.6 Å². The average molecular weight is 188 g/mol. The first-order chi connectivity index (χ1) is 5.36. The Kier molecular flexibility index (Phi) is 2.00. The summed E-state index contributed by atoms with van der Waals surface area (Å²) < 4.78 is 10.9. The fraction of sp³-hybridized carbons (Fsp3) is 0.500. The summed E-state index contributed by atoms with van der Waals surface area (Å²) in [5.41, 5.74) is 1.55. The van der Waals surface area contributed by atoms with Crippen LogP contribution in [0, 0.1) is 0 Å². The number of nitrogens with zero attached hydrogens (tertiary/aromatic N) is 1. The van der Waals surface area contributed by atoms with Crippen molar-refractivity contribution in [1.82, 2.24) is 5.32 Å². The lowest BCUT2D eigenvalue weighted by Gasteiger charge is -2.13. The van der Waals surface area contributed by atoms with Crippen LogP contribution in [0.15, 0.2) is 16.6 Å². The highest BCUT2D eigenvalue weighted by atomic mass is 32.2. The molecule has 2 aliphatic rings. The number of hydrogen-bond acceptors (Lipinski definition) is 4. The fourth-order valence-corrected chi connectivity index (χ4v) is 3.01. The molecule has 0 aromatic carbocycles. The second-order valence-electron chi connectivity index (χ2n) is 2.40. The van der Waals surface area contributed by atoms with Gasteiger partial charge in [-0.3, -0.25) is 9.20 Å². The average Bonchev–Trinajstić information content (AvgIpc) is 2.55. The molecule has 5 heteroatoms. The largest absolute Gasteiger partial charge is 0.377 e. The summed E-state index contributed by atoms with van der Waals surface area (Å²) in [5.74, 6) is 0.673. The highest BCUT2D eigenvalue weighted by Crippen LogP contribution is 2.22. The highest BCUT2D eigenvalue weighted by molar-refractivity contribution is 8.03. The SMILES string of the molecule is O=S1C=NC(C2NC=CS2)C1. The molecule has 3 unspecified atom stereocenters. The molecule has 0 spiro atoms. The van der Waals surface area contributed by atoms with E-state index in [0.717, 1.165) is 0 Å². The van der Waals surface area contributed by atoms with E-state index in [9.17, 15) is 4.21 Å².